The fourth-order valence-electron chi connectivity index (χ4n) is 1.70. The van der Waals surface area contributed by atoms with Gasteiger partial charge in [0.25, 0.3) is 0 Å². The quantitative estimate of drug-likeness (QED) is 0.667. The molecule has 0 unspecified atom stereocenters. The second-order valence-corrected chi connectivity index (χ2v) is 4.37. The van der Waals surface area contributed by atoms with Crippen molar-refractivity contribution in [1.29, 1.82) is 0 Å². The highest BCUT2D eigenvalue weighted by atomic mass is 19.1. The number of benzene rings is 2. The van der Waals surface area contributed by atoms with E-state index in [4.69, 9.17) is 5.73 Å². The third-order valence-electron chi connectivity index (χ3n) is 2.81. The van der Waals surface area contributed by atoms with Crippen molar-refractivity contribution in [3.8, 4) is 0 Å². The molecule has 0 saturated carbocycles. The molecule has 104 valence electrons. The molecule has 0 heterocycles. The number of halogens is 2. The predicted octanol–water partition coefficient (Wildman–Crippen LogP) is 3.20. The first-order valence-corrected chi connectivity index (χ1v) is 6.13. The lowest BCUT2D eigenvalue weighted by molar-refractivity contribution is 0.585. The second kappa shape index (κ2) is 6.14. The van der Waals surface area contributed by atoms with Crippen molar-refractivity contribution in [3.63, 3.8) is 0 Å². The van der Waals surface area contributed by atoms with Crippen LogP contribution in [0.5, 0.6) is 0 Å². The summed E-state index contributed by atoms with van der Waals surface area (Å²) in [5.41, 5.74) is 6.67. The van der Waals surface area contributed by atoms with Crippen molar-refractivity contribution >= 4 is 11.6 Å². The van der Waals surface area contributed by atoms with Crippen LogP contribution in [0.25, 0.3) is 0 Å². The summed E-state index contributed by atoms with van der Waals surface area (Å²) in [4.78, 5) is 4.05. The number of aryl methyl sites for hydroxylation is 1. The molecule has 2 aromatic rings. The number of nitrogens with zero attached hydrogens (tertiary/aromatic N) is 1. The lowest BCUT2D eigenvalue weighted by atomic mass is 10.2. The molecule has 0 fully saturated rings. The van der Waals surface area contributed by atoms with Crippen molar-refractivity contribution in [2.45, 2.75) is 13.5 Å². The van der Waals surface area contributed by atoms with Crippen molar-refractivity contribution in [1.82, 2.24) is 0 Å². The molecule has 3 nitrogen and oxygen atoms in total. The summed E-state index contributed by atoms with van der Waals surface area (Å²) in [6.45, 7) is 1.89. The highest BCUT2D eigenvalue weighted by molar-refractivity contribution is 5.92. The average Bonchev–Trinajstić information content (AvgIpc) is 2.46. The number of aliphatic imine (C=N–C) groups is 1. The molecule has 20 heavy (non-hydrogen) atoms. The first-order valence-electron chi connectivity index (χ1n) is 6.13. The first kappa shape index (κ1) is 14.0. The van der Waals surface area contributed by atoms with Gasteiger partial charge in [0.1, 0.15) is 11.5 Å². The van der Waals surface area contributed by atoms with Crippen LogP contribution in [0.4, 0.5) is 14.5 Å². The third kappa shape index (κ3) is 3.32. The summed E-state index contributed by atoms with van der Waals surface area (Å²) >= 11 is 0. The van der Waals surface area contributed by atoms with Gasteiger partial charge in [-0.15, -0.1) is 0 Å². The largest absolute Gasteiger partial charge is 0.370 e. The molecule has 0 spiro atoms. The second-order valence-electron chi connectivity index (χ2n) is 4.37. The Morgan fingerprint density at radius 1 is 1.15 bits per heavy atom. The fourth-order valence-corrected chi connectivity index (χ4v) is 1.70. The van der Waals surface area contributed by atoms with Crippen LogP contribution in [-0.4, -0.2) is 5.96 Å². The Hall–Kier alpha value is -2.43. The molecule has 2 rings (SSSR count). The Labute approximate surface area is 116 Å². The summed E-state index contributed by atoms with van der Waals surface area (Å²) < 4.78 is 27.3. The van der Waals surface area contributed by atoms with E-state index in [1.54, 1.807) is 6.92 Å². The van der Waals surface area contributed by atoms with Crippen LogP contribution in [0, 0.1) is 18.6 Å². The maximum atomic E-state index is 13.8. The minimum atomic E-state index is -0.703. The van der Waals surface area contributed by atoms with Crippen LogP contribution < -0.4 is 11.1 Å². The third-order valence-corrected chi connectivity index (χ3v) is 2.81. The maximum absolute atomic E-state index is 13.8. The van der Waals surface area contributed by atoms with Gasteiger partial charge >= 0.3 is 0 Å². The minimum absolute atomic E-state index is 0.0303. The standard InChI is InChI=1S/C15H15F2N3/c1-10-7-8-12(16)14(13(10)17)20-15(18)19-9-11-5-3-2-4-6-11/h2-8H,9H2,1H3,(H3,18,19,20). The Morgan fingerprint density at radius 3 is 2.55 bits per heavy atom. The SMILES string of the molecule is Cc1ccc(F)c(NC(N)=NCc2ccccc2)c1F. The normalized spacial score (nSPS) is 11.4. The summed E-state index contributed by atoms with van der Waals surface area (Å²) in [6.07, 6.45) is 0. The number of anilines is 1. The van der Waals surface area contributed by atoms with Crippen LogP contribution >= 0.6 is 0 Å². The number of guanidine groups is 1. The topological polar surface area (TPSA) is 50.4 Å². The van der Waals surface area contributed by atoms with Crippen molar-refractivity contribution in [2.75, 3.05) is 5.32 Å². The zero-order chi connectivity index (χ0) is 14.5. The molecule has 0 aromatic heterocycles. The number of rotatable bonds is 3. The molecular formula is C15H15F2N3. The highest BCUT2D eigenvalue weighted by Gasteiger charge is 2.11. The maximum Gasteiger partial charge on any atom is 0.193 e. The molecule has 0 saturated heterocycles. The summed E-state index contributed by atoms with van der Waals surface area (Å²) in [7, 11) is 0. The molecule has 0 amide bonds. The highest BCUT2D eigenvalue weighted by Crippen LogP contribution is 2.21. The number of hydrogen-bond acceptors (Lipinski definition) is 1. The molecule has 0 aliphatic heterocycles. The minimum Gasteiger partial charge on any atom is -0.370 e. The molecule has 3 N–H and O–H groups in total. The van der Waals surface area contributed by atoms with E-state index in [0.29, 0.717) is 12.1 Å². The van der Waals surface area contributed by atoms with Gasteiger partial charge in [-0.3, -0.25) is 0 Å². The Balaban J connectivity index is 2.12. The predicted molar refractivity (Wildman–Crippen MR) is 76.5 cm³/mol. The van der Waals surface area contributed by atoms with Gasteiger partial charge in [0.15, 0.2) is 11.8 Å². The summed E-state index contributed by atoms with van der Waals surface area (Å²) in [5.74, 6) is -1.40. The summed E-state index contributed by atoms with van der Waals surface area (Å²) in [6, 6.07) is 12.0. The van der Waals surface area contributed by atoms with Crippen LogP contribution in [-0.2, 0) is 6.54 Å². The molecule has 0 aliphatic carbocycles. The van der Waals surface area contributed by atoms with Crippen LogP contribution in [0.15, 0.2) is 47.5 Å². The molecular weight excluding hydrogens is 260 g/mol. The van der Waals surface area contributed by atoms with Crippen molar-refractivity contribution < 1.29 is 8.78 Å². The van der Waals surface area contributed by atoms with E-state index in [2.05, 4.69) is 10.3 Å². The Morgan fingerprint density at radius 2 is 1.85 bits per heavy atom. The van der Waals surface area contributed by atoms with Crippen molar-refractivity contribution in [3.05, 3.63) is 65.2 Å². The zero-order valence-electron chi connectivity index (χ0n) is 11.0. The number of nitrogens with one attached hydrogen (secondary N) is 1. The number of hydrogen-bond donors (Lipinski definition) is 2. The van der Waals surface area contributed by atoms with Crippen LogP contribution in [0.3, 0.4) is 0 Å². The van der Waals surface area contributed by atoms with Gasteiger partial charge in [0.05, 0.1) is 6.54 Å². The van der Waals surface area contributed by atoms with E-state index in [0.717, 1.165) is 5.56 Å². The van der Waals surface area contributed by atoms with Crippen LogP contribution in [0.1, 0.15) is 11.1 Å². The van der Waals surface area contributed by atoms with Gasteiger partial charge in [-0.2, -0.15) is 0 Å². The average molecular weight is 275 g/mol. The van der Waals surface area contributed by atoms with E-state index in [1.807, 2.05) is 30.3 Å². The molecule has 0 radical (unpaired) electrons. The molecule has 5 heteroatoms. The molecule has 0 aliphatic rings. The van der Waals surface area contributed by atoms with Crippen molar-refractivity contribution in [2.24, 2.45) is 10.7 Å². The fraction of sp³-hybridized carbons (Fsp3) is 0.133. The lowest BCUT2D eigenvalue weighted by Crippen LogP contribution is -2.24. The first-order chi connectivity index (χ1) is 9.58. The van der Waals surface area contributed by atoms with Gasteiger partial charge < -0.3 is 11.1 Å². The van der Waals surface area contributed by atoms with E-state index in [-0.39, 0.29) is 11.6 Å². The van der Waals surface area contributed by atoms with E-state index in [1.165, 1.54) is 12.1 Å². The molecule has 2 aromatic carbocycles. The smallest absolute Gasteiger partial charge is 0.193 e. The van der Waals surface area contributed by atoms with E-state index >= 15 is 0 Å². The van der Waals surface area contributed by atoms with E-state index in [9.17, 15) is 8.78 Å². The van der Waals surface area contributed by atoms with Gasteiger partial charge in [0.2, 0.25) is 0 Å². The van der Waals surface area contributed by atoms with Gasteiger partial charge in [-0.1, -0.05) is 36.4 Å². The van der Waals surface area contributed by atoms with Gasteiger partial charge in [-0.25, -0.2) is 13.8 Å². The van der Waals surface area contributed by atoms with Gasteiger partial charge in [0, 0.05) is 0 Å². The van der Waals surface area contributed by atoms with Gasteiger partial charge in [-0.05, 0) is 24.1 Å². The molecule has 0 atom stereocenters. The van der Waals surface area contributed by atoms with E-state index < -0.39 is 11.6 Å². The van der Waals surface area contributed by atoms with Crippen LogP contribution in [0.2, 0.25) is 0 Å². The molecule has 0 bridgehead atoms. The lowest BCUT2D eigenvalue weighted by Gasteiger charge is -2.09. The summed E-state index contributed by atoms with van der Waals surface area (Å²) in [5, 5.41) is 2.47. The Kier molecular flexibility index (Phi) is 4.30. The monoisotopic (exact) mass is 275 g/mol. The zero-order valence-corrected chi connectivity index (χ0v) is 11.0. The Bertz CT molecular complexity index is 625. The number of nitrogens with two attached hydrogens (primary N) is 1.